The summed E-state index contributed by atoms with van der Waals surface area (Å²) in [6, 6.07) is 12.7. The van der Waals surface area contributed by atoms with Crippen molar-refractivity contribution in [2.24, 2.45) is 0 Å². The molecule has 0 saturated heterocycles. The summed E-state index contributed by atoms with van der Waals surface area (Å²) < 4.78 is 0. The first-order chi connectivity index (χ1) is 12.3. The quantitative estimate of drug-likeness (QED) is 0.722. The predicted octanol–water partition coefficient (Wildman–Crippen LogP) is 2.79. The summed E-state index contributed by atoms with van der Waals surface area (Å²) in [5.41, 5.74) is 8.95. The van der Waals surface area contributed by atoms with Gasteiger partial charge in [0.2, 0.25) is 11.8 Å². The van der Waals surface area contributed by atoms with E-state index >= 15 is 0 Å². The normalized spacial score (nSPS) is 10.1. The highest BCUT2D eigenvalue weighted by Gasteiger charge is 2.10. The fourth-order valence-corrected chi connectivity index (χ4v) is 2.36. The summed E-state index contributed by atoms with van der Waals surface area (Å²) in [6.45, 7) is 5.82. The van der Waals surface area contributed by atoms with Crippen LogP contribution in [0.5, 0.6) is 0 Å². The van der Waals surface area contributed by atoms with Gasteiger partial charge in [-0.3, -0.25) is 25.2 Å². The van der Waals surface area contributed by atoms with Crippen molar-refractivity contribution in [3.63, 3.8) is 0 Å². The SMILES string of the molecule is Cc1ccc(C(=O)NNC(=O)CCC(=O)Nc2ccc(C)cc2C)cc1. The van der Waals surface area contributed by atoms with Gasteiger partial charge < -0.3 is 5.32 Å². The lowest BCUT2D eigenvalue weighted by Gasteiger charge is -2.10. The van der Waals surface area contributed by atoms with Crippen molar-refractivity contribution in [1.29, 1.82) is 0 Å². The molecule has 2 aromatic carbocycles. The maximum atomic E-state index is 12.0. The van der Waals surface area contributed by atoms with Gasteiger partial charge in [0, 0.05) is 24.1 Å². The predicted molar refractivity (Wildman–Crippen MR) is 101 cm³/mol. The van der Waals surface area contributed by atoms with Crippen LogP contribution in [0.2, 0.25) is 0 Å². The van der Waals surface area contributed by atoms with E-state index in [1.165, 1.54) is 0 Å². The van der Waals surface area contributed by atoms with E-state index in [4.69, 9.17) is 0 Å². The number of carbonyl (C=O) groups is 3. The van der Waals surface area contributed by atoms with Crippen LogP contribution in [0.4, 0.5) is 5.69 Å². The number of anilines is 1. The Morgan fingerprint density at radius 3 is 2.04 bits per heavy atom. The fourth-order valence-electron chi connectivity index (χ4n) is 2.36. The van der Waals surface area contributed by atoms with Crippen molar-refractivity contribution in [1.82, 2.24) is 10.9 Å². The Morgan fingerprint density at radius 1 is 0.769 bits per heavy atom. The molecule has 6 heteroatoms. The minimum absolute atomic E-state index is 0.0229. The second-order valence-electron chi connectivity index (χ2n) is 6.23. The third-order valence-electron chi connectivity index (χ3n) is 3.86. The minimum atomic E-state index is -0.429. The van der Waals surface area contributed by atoms with Gasteiger partial charge in [0.15, 0.2) is 0 Å². The molecule has 0 aromatic heterocycles. The van der Waals surface area contributed by atoms with Gasteiger partial charge in [-0.15, -0.1) is 0 Å². The van der Waals surface area contributed by atoms with E-state index in [1.807, 2.05) is 51.1 Å². The van der Waals surface area contributed by atoms with Crippen LogP contribution in [-0.2, 0) is 9.59 Å². The third kappa shape index (κ3) is 5.73. The maximum Gasteiger partial charge on any atom is 0.269 e. The number of hydrogen-bond donors (Lipinski definition) is 3. The van der Waals surface area contributed by atoms with Crippen LogP contribution >= 0.6 is 0 Å². The number of hydrogen-bond acceptors (Lipinski definition) is 3. The summed E-state index contributed by atoms with van der Waals surface area (Å²) in [7, 11) is 0. The molecule has 6 nitrogen and oxygen atoms in total. The summed E-state index contributed by atoms with van der Waals surface area (Å²) in [5.74, 6) is -1.09. The number of rotatable bonds is 5. The van der Waals surface area contributed by atoms with Gasteiger partial charge >= 0.3 is 0 Å². The molecule has 0 saturated carbocycles. The number of benzene rings is 2. The molecule has 0 aliphatic rings. The first kappa shape index (κ1) is 19.2. The van der Waals surface area contributed by atoms with Gasteiger partial charge in [-0.05, 0) is 44.5 Å². The molecule has 136 valence electrons. The van der Waals surface area contributed by atoms with Crippen molar-refractivity contribution in [2.45, 2.75) is 33.6 Å². The molecule has 2 aromatic rings. The lowest BCUT2D eigenvalue weighted by molar-refractivity contribution is -0.124. The Balaban J connectivity index is 1.74. The Bertz CT molecular complexity index is 814. The van der Waals surface area contributed by atoms with Crippen LogP contribution in [0, 0.1) is 20.8 Å². The number of carbonyl (C=O) groups excluding carboxylic acids is 3. The van der Waals surface area contributed by atoms with Gasteiger partial charge in [-0.1, -0.05) is 35.4 Å². The highest BCUT2D eigenvalue weighted by Crippen LogP contribution is 2.16. The van der Waals surface area contributed by atoms with Crippen LogP contribution in [0.3, 0.4) is 0 Å². The highest BCUT2D eigenvalue weighted by atomic mass is 16.2. The molecule has 3 N–H and O–H groups in total. The van der Waals surface area contributed by atoms with Crippen molar-refractivity contribution < 1.29 is 14.4 Å². The monoisotopic (exact) mass is 353 g/mol. The van der Waals surface area contributed by atoms with Gasteiger partial charge in [0.25, 0.3) is 5.91 Å². The Labute approximate surface area is 153 Å². The molecular weight excluding hydrogens is 330 g/mol. The molecule has 0 aliphatic heterocycles. The first-order valence-electron chi connectivity index (χ1n) is 8.38. The molecule has 0 heterocycles. The Kier molecular flexibility index (Phi) is 6.49. The van der Waals surface area contributed by atoms with E-state index < -0.39 is 11.8 Å². The van der Waals surface area contributed by atoms with E-state index in [1.54, 1.807) is 12.1 Å². The molecule has 0 fully saturated rings. The second kappa shape index (κ2) is 8.80. The summed E-state index contributed by atoms with van der Waals surface area (Å²) >= 11 is 0. The molecule has 0 spiro atoms. The molecular formula is C20H23N3O3. The number of aryl methyl sites for hydroxylation is 3. The zero-order valence-electron chi connectivity index (χ0n) is 15.2. The van der Waals surface area contributed by atoms with Gasteiger partial charge in [-0.2, -0.15) is 0 Å². The van der Waals surface area contributed by atoms with Crippen molar-refractivity contribution >= 4 is 23.4 Å². The number of amides is 3. The lowest BCUT2D eigenvalue weighted by Crippen LogP contribution is -2.41. The molecule has 0 radical (unpaired) electrons. The minimum Gasteiger partial charge on any atom is -0.326 e. The van der Waals surface area contributed by atoms with Gasteiger partial charge in [-0.25, -0.2) is 0 Å². The van der Waals surface area contributed by atoms with E-state index in [0.717, 1.165) is 22.4 Å². The molecule has 0 aliphatic carbocycles. The molecule has 0 atom stereocenters. The summed E-state index contributed by atoms with van der Waals surface area (Å²) in [5, 5.41) is 2.78. The first-order valence-corrected chi connectivity index (χ1v) is 8.38. The molecule has 0 bridgehead atoms. The number of nitrogens with one attached hydrogen (secondary N) is 3. The Hall–Kier alpha value is -3.15. The summed E-state index contributed by atoms with van der Waals surface area (Å²) in [6.07, 6.45) is 0.00444. The van der Waals surface area contributed by atoms with Crippen LogP contribution in [0.25, 0.3) is 0 Å². The lowest BCUT2D eigenvalue weighted by atomic mass is 10.1. The number of hydrazine groups is 1. The zero-order chi connectivity index (χ0) is 19.1. The van der Waals surface area contributed by atoms with Crippen LogP contribution in [-0.4, -0.2) is 17.7 Å². The van der Waals surface area contributed by atoms with Crippen LogP contribution < -0.4 is 16.2 Å². The molecule has 2 rings (SSSR count). The molecule has 3 amide bonds. The van der Waals surface area contributed by atoms with Gasteiger partial charge in [0.05, 0.1) is 0 Å². The third-order valence-corrected chi connectivity index (χ3v) is 3.86. The average Bonchev–Trinajstić information content (AvgIpc) is 2.61. The highest BCUT2D eigenvalue weighted by molar-refractivity contribution is 5.96. The van der Waals surface area contributed by atoms with Crippen LogP contribution in [0.1, 0.15) is 39.9 Å². The van der Waals surface area contributed by atoms with Crippen molar-refractivity contribution in [3.05, 3.63) is 64.7 Å². The molecule has 0 unspecified atom stereocenters. The Morgan fingerprint density at radius 2 is 1.38 bits per heavy atom. The van der Waals surface area contributed by atoms with E-state index in [2.05, 4.69) is 16.2 Å². The van der Waals surface area contributed by atoms with Gasteiger partial charge in [0.1, 0.15) is 0 Å². The average molecular weight is 353 g/mol. The topological polar surface area (TPSA) is 87.3 Å². The fraction of sp³-hybridized carbons (Fsp3) is 0.250. The smallest absolute Gasteiger partial charge is 0.269 e. The maximum absolute atomic E-state index is 12.0. The second-order valence-corrected chi connectivity index (χ2v) is 6.23. The van der Waals surface area contributed by atoms with E-state index in [0.29, 0.717) is 5.56 Å². The van der Waals surface area contributed by atoms with Crippen LogP contribution in [0.15, 0.2) is 42.5 Å². The van der Waals surface area contributed by atoms with Crippen molar-refractivity contribution in [2.75, 3.05) is 5.32 Å². The molecule has 26 heavy (non-hydrogen) atoms. The summed E-state index contributed by atoms with van der Waals surface area (Å²) in [4.78, 5) is 35.7. The van der Waals surface area contributed by atoms with E-state index in [-0.39, 0.29) is 18.7 Å². The van der Waals surface area contributed by atoms with E-state index in [9.17, 15) is 14.4 Å². The standard InChI is InChI=1S/C20H23N3O3/c1-13-4-7-16(8-5-13)20(26)23-22-19(25)11-10-18(24)21-17-9-6-14(2)12-15(17)3/h4-9,12H,10-11H2,1-3H3,(H,21,24)(H,22,25)(H,23,26). The zero-order valence-corrected chi connectivity index (χ0v) is 15.2. The largest absolute Gasteiger partial charge is 0.326 e. The van der Waals surface area contributed by atoms with Crippen molar-refractivity contribution in [3.8, 4) is 0 Å².